The SMILES string of the molecule is O=C(O)[C@@H]1CCCN(C(=O)N2CCC3(CCCC3)CC2)C1. The second-order valence-electron chi connectivity index (χ2n) is 7.10. The summed E-state index contributed by atoms with van der Waals surface area (Å²) in [5, 5.41) is 9.14. The molecule has 2 saturated heterocycles. The van der Waals surface area contributed by atoms with Gasteiger partial charge in [0.2, 0.25) is 0 Å². The third kappa shape index (κ3) is 3.01. The molecule has 5 heteroatoms. The fourth-order valence-corrected chi connectivity index (χ4v) is 4.35. The van der Waals surface area contributed by atoms with Crippen molar-refractivity contribution < 1.29 is 14.7 Å². The first-order valence-corrected chi connectivity index (χ1v) is 8.36. The molecule has 118 valence electrons. The van der Waals surface area contributed by atoms with Crippen LogP contribution in [0, 0.1) is 11.3 Å². The zero-order valence-electron chi connectivity index (χ0n) is 12.7. The molecule has 0 unspecified atom stereocenters. The van der Waals surface area contributed by atoms with Gasteiger partial charge in [0, 0.05) is 26.2 Å². The molecule has 1 N–H and O–H groups in total. The maximum Gasteiger partial charge on any atom is 0.320 e. The standard InChI is InChI=1S/C16H26N2O3/c19-14(20)13-4-3-9-18(12-13)15(21)17-10-7-16(8-11-17)5-1-2-6-16/h13H,1-12H2,(H,19,20)/t13-/m1/s1. The minimum Gasteiger partial charge on any atom is -0.481 e. The lowest BCUT2D eigenvalue weighted by molar-refractivity contribution is -0.143. The van der Waals surface area contributed by atoms with E-state index in [-0.39, 0.29) is 11.9 Å². The largest absolute Gasteiger partial charge is 0.481 e. The molecule has 1 atom stereocenters. The first-order chi connectivity index (χ1) is 10.1. The van der Waals surface area contributed by atoms with Gasteiger partial charge in [0.25, 0.3) is 0 Å². The third-order valence-corrected chi connectivity index (χ3v) is 5.80. The Morgan fingerprint density at radius 3 is 2.19 bits per heavy atom. The van der Waals surface area contributed by atoms with Crippen molar-refractivity contribution in [1.82, 2.24) is 9.80 Å². The Morgan fingerprint density at radius 1 is 0.905 bits per heavy atom. The summed E-state index contributed by atoms with van der Waals surface area (Å²) in [6.07, 6.45) is 9.13. The van der Waals surface area contributed by atoms with Crippen LogP contribution in [0.25, 0.3) is 0 Å². The molecule has 21 heavy (non-hydrogen) atoms. The van der Waals surface area contributed by atoms with E-state index in [2.05, 4.69) is 0 Å². The van der Waals surface area contributed by atoms with Crippen molar-refractivity contribution in [3.05, 3.63) is 0 Å². The first kappa shape index (κ1) is 14.7. The smallest absolute Gasteiger partial charge is 0.320 e. The predicted octanol–water partition coefficient (Wildman–Crippen LogP) is 2.56. The highest BCUT2D eigenvalue weighted by Gasteiger charge is 2.39. The van der Waals surface area contributed by atoms with Crippen LogP contribution in [0.5, 0.6) is 0 Å². The normalized spacial score (nSPS) is 28.9. The number of carboxylic acid groups (broad SMARTS) is 1. The van der Waals surface area contributed by atoms with Gasteiger partial charge in [-0.15, -0.1) is 0 Å². The number of piperidine rings is 2. The first-order valence-electron chi connectivity index (χ1n) is 8.36. The highest BCUT2D eigenvalue weighted by Crippen LogP contribution is 2.46. The van der Waals surface area contributed by atoms with Crippen molar-refractivity contribution >= 4 is 12.0 Å². The van der Waals surface area contributed by atoms with Gasteiger partial charge in [0.15, 0.2) is 0 Å². The number of likely N-dealkylation sites (tertiary alicyclic amines) is 2. The van der Waals surface area contributed by atoms with Gasteiger partial charge in [-0.25, -0.2) is 4.79 Å². The lowest BCUT2D eigenvalue weighted by Gasteiger charge is -2.42. The van der Waals surface area contributed by atoms with Crippen molar-refractivity contribution in [2.75, 3.05) is 26.2 Å². The molecule has 1 spiro atoms. The van der Waals surface area contributed by atoms with Crippen LogP contribution in [0.15, 0.2) is 0 Å². The fourth-order valence-electron chi connectivity index (χ4n) is 4.35. The molecule has 0 radical (unpaired) electrons. The molecule has 0 aromatic rings. The summed E-state index contributed by atoms with van der Waals surface area (Å²) in [5.74, 6) is -1.15. The number of carbonyl (C=O) groups excluding carboxylic acids is 1. The molecule has 0 bridgehead atoms. The van der Waals surface area contributed by atoms with Crippen LogP contribution >= 0.6 is 0 Å². The van der Waals surface area contributed by atoms with Gasteiger partial charge in [-0.05, 0) is 43.9 Å². The predicted molar refractivity (Wildman–Crippen MR) is 79.0 cm³/mol. The van der Waals surface area contributed by atoms with E-state index in [9.17, 15) is 9.59 Å². The van der Waals surface area contributed by atoms with Crippen LogP contribution in [0.1, 0.15) is 51.4 Å². The Bertz CT molecular complexity index is 408. The molecule has 0 aromatic carbocycles. The molecule has 3 aliphatic rings. The van der Waals surface area contributed by atoms with Gasteiger partial charge in [0.1, 0.15) is 0 Å². The minimum atomic E-state index is -0.768. The maximum absolute atomic E-state index is 12.6. The number of urea groups is 1. The molecule has 2 amide bonds. The minimum absolute atomic E-state index is 0.0637. The summed E-state index contributed by atoms with van der Waals surface area (Å²) in [7, 11) is 0. The Kier molecular flexibility index (Phi) is 4.09. The van der Waals surface area contributed by atoms with Crippen molar-refractivity contribution in [3.63, 3.8) is 0 Å². The molecule has 2 heterocycles. The molecule has 0 aromatic heterocycles. The molecule has 3 fully saturated rings. The van der Waals surface area contributed by atoms with E-state index in [1.54, 1.807) is 4.90 Å². The number of carboxylic acids is 1. The summed E-state index contributed by atoms with van der Waals surface area (Å²) in [6.45, 7) is 2.81. The summed E-state index contributed by atoms with van der Waals surface area (Å²) < 4.78 is 0. The van der Waals surface area contributed by atoms with Crippen molar-refractivity contribution in [2.45, 2.75) is 51.4 Å². The van der Waals surface area contributed by atoms with Gasteiger partial charge in [-0.2, -0.15) is 0 Å². The van der Waals surface area contributed by atoms with E-state index in [0.29, 0.717) is 24.9 Å². The average Bonchev–Trinajstić information content (AvgIpc) is 2.96. The third-order valence-electron chi connectivity index (χ3n) is 5.80. The number of carbonyl (C=O) groups is 2. The molecule has 5 nitrogen and oxygen atoms in total. The lowest BCUT2D eigenvalue weighted by atomic mass is 9.77. The van der Waals surface area contributed by atoms with Crippen LogP contribution in [0.3, 0.4) is 0 Å². The van der Waals surface area contributed by atoms with Crippen LogP contribution < -0.4 is 0 Å². The van der Waals surface area contributed by atoms with Gasteiger partial charge in [-0.1, -0.05) is 12.8 Å². The molecular weight excluding hydrogens is 268 g/mol. The van der Waals surface area contributed by atoms with E-state index < -0.39 is 5.97 Å². The summed E-state index contributed by atoms with van der Waals surface area (Å²) in [5.41, 5.74) is 0.516. The van der Waals surface area contributed by atoms with Gasteiger partial charge in [-0.3, -0.25) is 4.79 Å². The van der Waals surface area contributed by atoms with E-state index in [4.69, 9.17) is 5.11 Å². The number of amides is 2. The monoisotopic (exact) mass is 294 g/mol. The summed E-state index contributed by atoms with van der Waals surface area (Å²) >= 11 is 0. The van der Waals surface area contributed by atoms with Crippen molar-refractivity contribution in [1.29, 1.82) is 0 Å². The van der Waals surface area contributed by atoms with Gasteiger partial charge in [0.05, 0.1) is 5.92 Å². The second kappa shape index (κ2) is 5.85. The second-order valence-corrected chi connectivity index (χ2v) is 7.10. The number of aliphatic carboxylic acids is 1. The number of nitrogens with zero attached hydrogens (tertiary/aromatic N) is 2. The van der Waals surface area contributed by atoms with Crippen LogP contribution in [0.2, 0.25) is 0 Å². The zero-order valence-corrected chi connectivity index (χ0v) is 12.7. The lowest BCUT2D eigenvalue weighted by Crippen LogP contribution is -2.51. The topological polar surface area (TPSA) is 60.9 Å². The summed E-state index contributed by atoms with van der Waals surface area (Å²) in [4.78, 5) is 27.4. The van der Waals surface area contributed by atoms with E-state index in [1.807, 2.05) is 4.90 Å². The Morgan fingerprint density at radius 2 is 1.57 bits per heavy atom. The van der Waals surface area contributed by atoms with E-state index in [1.165, 1.54) is 25.7 Å². The number of hydrogen-bond acceptors (Lipinski definition) is 2. The highest BCUT2D eigenvalue weighted by molar-refractivity contribution is 5.76. The fraction of sp³-hybridized carbons (Fsp3) is 0.875. The van der Waals surface area contributed by atoms with Gasteiger partial charge < -0.3 is 14.9 Å². The quantitative estimate of drug-likeness (QED) is 0.808. The van der Waals surface area contributed by atoms with Crippen LogP contribution in [-0.4, -0.2) is 53.1 Å². The van der Waals surface area contributed by atoms with Crippen LogP contribution in [0.4, 0.5) is 4.79 Å². The number of hydrogen-bond donors (Lipinski definition) is 1. The van der Waals surface area contributed by atoms with E-state index in [0.717, 1.165) is 32.4 Å². The average molecular weight is 294 g/mol. The van der Waals surface area contributed by atoms with Crippen LogP contribution in [-0.2, 0) is 4.79 Å². The number of rotatable bonds is 1. The molecule has 1 aliphatic carbocycles. The molecule has 1 saturated carbocycles. The molecule has 2 aliphatic heterocycles. The Balaban J connectivity index is 1.55. The van der Waals surface area contributed by atoms with Crippen molar-refractivity contribution in [3.8, 4) is 0 Å². The van der Waals surface area contributed by atoms with Gasteiger partial charge >= 0.3 is 12.0 Å². The van der Waals surface area contributed by atoms with E-state index >= 15 is 0 Å². The maximum atomic E-state index is 12.6. The zero-order chi connectivity index (χ0) is 14.9. The van der Waals surface area contributed by atoms with Crippen molar-refractivity contribution in [2.24, 2.45) is 11.3 Å². The highest BCUT2D eigenvalue weighted by atomic mass is 16.4. The molecular formula is C16H26N2O3. The summed E-state index contributed by atoms with van der Waals surface area (Å²) in [6, 6.07) is 0.0637. The Hall–Kier alpha value is -1.26. The Labute approximate surface area is 126 Å². The molecule has 3 rings (SSSR count).